The van der Waals surface area contributed by atoms with Gasteiger partial charge in [0.05, 0.1) is 12.1 Å². The van der Waals surface area contributed by atoms with Gasteiger partial charge in [-0.1, -0.05) is 43.4 Å². The minimum Gasteiger partial charge on any atom is -0.327 e. The lowest BCUT2D eigenvalue weighted by Crippen LogP contribution is -2.51. The van der Waals surface area contributed by atoms with E-state index in [4.69, 9.17) is 0 Å². The van der Waals surface area contributed by atoms with E-state index in [2.05, 4.69) is 0 Å². The van der Waals surface area contributed by atoms with Gasteiger partial charge in [-0.3, -0.25) is 14.4 Å². The molecule has 0 N–H and O–H groups in total. The number of amides is 3. The Hall–Kier alpha value is -2.17. The molecule has 1 aromatic carbocycles. The molecular weight excluding hydrogens is 340 g/mol. The molecule has 3 fully saturated rings. The Morgan fingerprint density at radius 1 is 0.963 bits per heavy atom. The molecule has 1 aromatic rings. The van der Waals surface area contributed by atoms with Gasteiger partial charge in [-0.2, -0.15) is 0 Å². The van der Waals surface area contributed by atoms with Crippen LogP contribution in [-0.2, 0) is 14.4 Å². The zero-order valence-electron chi connectivity index (χ0n) is 16.0. The van der Waals surface area contributed by atoms with Crippen molar-refractivity contribution in [3.8, 4) is 0 Å². The van der Waals surface area contributed by atoms with E-state index in [0.717, 1.165) is 44.1 Å². The first kappa shape index (κ1) is 18.2. The van der Waals surface area contributed by atoms with Crippen LogP contribution in [0.1, 0.15) is 63.4 Å². The Balaban J connectivity index is 1.61. The topological polar surface area (TPSA) is 57.7 Å². The second-order valence-electron chi connectivity index (χ2n) is 8.29. The second kappa shape index (κ2) is 7.45. The van der Waals surface area contributed by atoms with E-state index >= 15 is 0 Å². The molecule has 4 rings (SSSR count). The highest BCUT2D eigenvalue weighted by molar-refractivity contribution is 6.23. The van der Waals surface area contributed by atoms with Crippen LogP contribution in [-0.4, -0.2) is 34.7 Å². The van der Waals surface area contributed by atoms with E-state index in [9.17, 15) is 14.4 Å². The van der Waals surface area contributed by atoms with E-state index in [1.807, 2.05) is 36.1 Å². The number of hydrogen-bond donors (Lipinski definition) is 0. The monoisotopic (exact) mass is 368 g/mol. The molecule has 27 heavy (non-hydrogen) atoms. The Morgan fingerprint density at radius 3 is 2.19 bits per heavy atom. The number of hydrogen-bond acceptors (Lipinski definition) is 3. The minimum atomic E-state index is -0.630. The van der Waals surface area contributed by atoms with Crippen LogP contribution < -0.4 is 4.90 Å². The van der Waals surface area contributed by atoms with Crippen molar-refractivity contribution < 1.29 is 14.4 Å². The van der Waals surface area contributed by atoms with Crippen molar-refractivity contribution in [2.45, 2.75) is 76.8 Å². The number of aryl methyl sites for hydroxylation is 1. The molecule has 5 nitrogen and oxygen atoms in total. The molecule has 1 aliphatic heterocycles. The first-order valence-corrected chi connectivity index (χ1v) is 10.3. The molecule has 0 spiro atoms. The molecule has 0 bridgehead atoms. The van der Waals surface area contributed by atoms with E-state index < -0.39 is 6.04 Å². The molecular formula is C22H28N2O3. The molecule has 0 radical (unpaired) electrons. The average molecular weight is 368 g/mol. The summed E-state index contributed by atoms with van der Waals surface area (Å²) in [7, 11) is 0. The fourth-order valence-electron chi connectivity index (χ4n) is 4.46. The lowest BCUT2D eigenvalue weighted by molar-refractivity contribution is -0.142. The fourth-order valence-corrected chi connectivity index (χ4v) is 4.46. The van der Waals surface area contributed by atoms with Crippen molar-refractivity contribution in [3.05, 3.63) is 29.8 Å². The van der Waals surface area contributed by atoms with Crippen molar-refractivity contribution in [1.29, 1.82) is 0 Å². The fraction of sp³-hybridized carbons (Fsp3) is 0.591. The third kappa shape index (κ3) is 3.64. The van der Waals surface area contributed by atoms with Crippen LogP contribution in [0.25, 0.3) is 0 Å². The van der Waals surface area contributed by atoms with E-state index in [1.54, 1.807) is 0 Å². The molecule has 3 aliphatic rings. The first-order chi connectivity index (χ1) is 13.1. The SMILES string of the molecule is Cc1ccc(N2C(=O)CC(N(C(=O)C3CC3)C3CCCCCC3)C2=O)cc1. The number of benzene rings is 1. The summed E-state index contributed by atoms with van der Waals surface area (Å²) in [5.74, 6) is -0.276. The molecule has 1 atom stereocenters. The standard InChI is InChI=1S/C22H28N2O3/c1-15-8-12-18(13-9-15)24-20(25)14-19(22(24)27)23(21(26)16-10-11-16)17-6-4-2-3-5-7-17/h8-9,12-13,16-17,19H,2-7,10-11,14H2,1H3. The molecule has 1 heterocycles. The minimum absolute atomic E-state index is 0.0598. The Bertz CT molecular complexity index is 730. The highest BCUT2D eigenvalue weighted by Crippen LogP contribution is 2.37. The molecule has 1 saturated heterocycles. The average Bonchev–Trinajstić information content (AvgIpc) is 3.47. The van der Waals surface area contributed by atoms with Crippen molar-refractivity contribution in [3.63, 3.8) is 0 Å². The molecule has 5 heteroatoms. The number of nitrogens with zero attached hydrogens (tertiary/aromatic N) is 2. The van der Waals surface area contributed by atoms with Gasteiger partial charge in [0.15, 0.2) is 0 Å². The predicted molar refractivity (Wildman–Crippen MR) is 103 cm³/mol. The predicted octanol–water partition coefficient (Wildman–Crippen LogP) is 3.59. The number of carbonyl (C=O) groups is 3. The smallest absolute Gasteiger partial charge is 0.257 e. The Labute approximate surface area is 160 Å². The lowest BCUT2D eigenvalue weighted by atomic mass is 10.0. The zero-order chi connectivity index (χ0) is 19.0. The van der Waals surface area contributed by atoms with Gasteiger partial charge in [0.25, 0.3) is 5.91 Å². The van der Waals surface area contributed by atoms with Gasteiger partial charge >= 0.3 is 0 Å². The molecule has 144 valence electrons. The van der Waals surface area contributed by atoms with Crippen LogP contribution in [0.4, 0.5) is 5.69 Å². The third-order valence-corrected chi connectivity index (χ3v) is 6.15. The van der Waals surface area contributed by atoms with E-state index in [0.29, 0.717) is 5.69 Å². The normalized spacial score (nSPS) is 24.2. The van der Waals surface area contributed by atoms with Gasteiger partial charge < -0.3 is 4.90 Å². The highest BCUT2D eigenvalue weighted by Gasteiger charge is 2.48. The van der Waals surface area contributed by atoms with Crippen LogP contribution in [0.3, 0.4) is 0 Å². The summed E-state index contributed by atoms with van der Waals surface area (Å²) in [5, 5.41) is 0. The Morgan fingerprint density at radius 2 is 1.59 bits per heavy atom. The van der Waals surface area contributed by atoms with E-state index in [-0.39, 0.29) is 36.1 Å². The molecule has 1 unspecified atom stereocenters. The third-order valence-electron chi connectivity index (χ3n) is 6.15. The summed E-state index contributed by atoms with van der Waals surface area (Å²) in [4.78, 5) is 42.1. The van der Waals surface area contributed by atoms with Crippen molar-refractivity contribution in [2.24, 2.45) is 5.92 Å². The Kier molecular flexibility index (Phi) is 5.02. The van der Waals surface area contributed by atoms with Gasteiger partial charge in [0.2, 0.25) is 11.8 Å². The van der Waals surface area contributed by atoms with Gasteiger partial charge in [0, 0.05) is 12.0 Å². The second-order valence-corrected chi connectivity index (χ2v) is 8.29. The van der Waals surface area contributed by atoms with Gasteiger partial charge in [0.1, 0.15) is 6.04 Å². The van der Waals surface area contributed by atoms with Crippen LogP contribution >= 0.6 is 0 Å². The molecule has 2 saturated carbocycles. The van der Waals surface area contributed by atoms with Crippen molar-refractivity contribution >= 4 is 23.4 Å². The van der Waals surface area contributed by atoms with Crippen LogP contribution in [0.2, 0.25) is 0 Å². The van der Waals surface area contributed by atoms with E-state index in [1.165, 1.54) is 17.7 Å². The van der Waals surface area contributed by atoms with Crippen molar-refractivity contribution in [2.75, 3.05) is 4.90 Å². The summed E-state index contributed by atoms with van der Waals surface area (Å²) in [6.07, 6.45) is 8.40. The maximum atomic E-state index is 13.2. The highest BCUT2D eigenvalue weighted by atomic mass is 16.2. The van der Waals surface area contributed by atoms with Gasteiger partial charge in [-0.25, -0.2) is 4.90 Å². The molecule has 2 aliphatic carbocycles. The van der Waals surface area contributed by atoms with Crippen LogP contribution in [0.15, 0.2) is 24.3 Å². The van der Waals surface area contributed by atoms with Gasteiger partial charge in [-0.05, 0) is 44.7 Å². The molecule has 3 amide bonds. The largest absolute Gasteiger partial charge is 0.327 e. The maximum Gasteiger partial charge on any atom is 0.257 e. The number of anilines is 1. The summed E-state index contributed by atoms with van der Waals surface area (Å²) >= 11 is 0. The zero-order valence-corrected chi connectivity index (χ0v) is 16.0. The summed E-state index contributed by atoms with van der Waals surface area (Å²) < 4.78 is 0. The summed E-state index contributed by atoms with van der Waals surface area (Å²) in [5.41, 5.74) is 1.69. The summed E-state index contributed by atoms with van der Waals surface area (Å²) in [6, 6.07) is 6.90. The number of rotatable bonds is 4. The van der Waals surface area contributed by atoms with Crippen LogP contribution in [0, 0.1) is 12.8 Å². The van der Waals surface area contributed by atoms with Crippen LogP contribution in [0.5, 0.6) is 0 Å². The maximum absolute atomic E-state index is 13.2. The number of imide groups is 1. The summed E-state index contributed by atoms with van der Waals surface area (Å²) in [6.45, 7) is 1.97. The molecule has 0 aromatic heterocycles. The lowest BCUT2D eigenvalue weighted by Gasteiger charge is -2.35. The quantitative estimate of drug-likeness (QED) is 0.603. The van der Waals surface area contributed by atoms with Gasteiger partial charge in [-0.15, -0.1) is 0 Å². The van der Waals surface area contributed by atoms with Crippen molar-refractivity contribution in [1.82, 2.24) is 4.90 Å². The number of carbonyl (C=O) groups excluding carboxylic acids is 3. The first-order valence-electron chi connectivity index (χ1n) is 10.3.